The smallest absolute Gasteiger partial charge is 0.137 e. The van der Waals surface area contributed by atoms with Crippen LogP contribution < -0.4 is 5.73 Å². The van der Waals surface area contributed by atoms with Crippen molar-refractivity contribution in [1.29, 1.82) is 0 Å². The molecule has 16 heavy (non-hydrogen) atoms. The number of anilines is 1. The van der Waals surface area contributed by atoms with Crippen LogP contribution in [-0.2, 0) is 0 Å². The van der Waals surface area contributed by atoms with Crippen molar-refractivity contribution in [2.45, 2.75) is 16.7 Å². The normalized spacial score (nSPS) is 10.7. The third kappa shape index (κ3) is 2.35. The first kappa shape index (κ1) is 11.8. The van der Waals surface area contributed by atoms with Gasteiger partial charge in [-0.25, -0.2) is 4.39 Å². The van der Waals surface area contributed by atoms with Gasteiger partial charge in [0.25, 0.3) is 0 Å². The van der Waals surface area contributed by atoms with Crippen LogP contribution in [0, 0.1) is 16.3 Å². The lowest BCUT2D eigenvalue weighted by molar-refractivity contribution is 0.527. The summed E-state index contributed by atoms with van der Waals surface area (Å²) in [5, 5.41) is 0. The van der Waals surface area contributed by atoms with E-state index in [1.54, 1.807) is 12.3 Å². The largest absolute Gasteiger partial charge is 0.468 e. The molecule has 2 rings (SSSR count). The lowest BCUT2D eigenvalue weighted by Crippen LogP contribution is -1.92. The molecular formula is C11H9FINOS. The van der Waals surface area contributed by atoms with Crippen LogP contribution in [0.15, 0.2) is 38.7 Å². The second-order valence-electron chi connectivity index (χ2n) is 3.25. The first-order valence-corrected chi connectivity index (χ1v) is 6.44. The molecule has 2 nitrogen and oxygen atoms in total. The van der Waals surface area contributed by atoms with Gasteiger partial charge in [0, 0.05) is 10.6 Å². The quantitative estimate of drug-likeness (QED) is 0.656. The van der Waals surface area contributed by atoms with E-state index in [9.17, 15) is 4.39 Å². The molecule has 2 aromatic rings. The van der Waals surface area contributed by atoms with Crippen LogP contribution in [0.4, 0.5) is 10.1 Å². The monoisotopic (exact) mass is 349 g/mol. The van der Waals surface area contributed by atoms with Crippen LogP contribution in [0.25, 0.3) is 0 Å². The average molecular weight is 349 g/mol. The molecule has 84 valence electrons. The third-order valence-corrected chi connectivity index (χ3v) is 4.13. The SMILES string of the molecule is Cc1occc1Sc1cc(F)c(I)cc1N. The Kier molecular flexibility index (Phi) is 3.44. The van der Waals surface area contributed by atoms with E-state index in [0.29, 0.717) is 14.2 Å². The molecule has 1 aromatic heterocycles. The predicted molar refractivity (Wildman–Crippen MR) is 71.1 cm³/mol. The van der Waals surface area contributed by atoms with Crippen molar-refractivity contribution >= 4 is 40.0 Å². The number of hydrogen-bond acceptors (Lipinski definition) is 3. The van der Waals surface area contributed by atoms with Gasteiger partial charge in [0.05, 0.1) is 14.7 Å². The molecule has 1 aromatic carbocycles. The lowest BCUT2D eigenvalue weighted by atomic mass is 10.3. The number of nitrogen functional groups attached to an aromatic ring is 1. The molecule has 0 saturated carbocycles. The summed E-state index contributed by atoms with van der Waals surface area (Å²) in [6, 6.07) is 4.93. The zero-order chi connectivity index (χ0) is 11.7. The Balaban J connectivity index is 2.35. The fourth-order valence-electron chi connectivity index (χ4n) is 1.23. The second kappa shape index (κ2) is 4.67. The van der Waals surface area contributed by atoms with E-state index in [4.69, 9.17) is 10.2 Å². The summed E-state index contributed by atoms with van der Waals surface area (Å²) in [6.07, 6.45) is 1.61. The topological polar surface area (TPSA) is 39.2 Å². The van der Waals surface area contributed by atoms with E-state index >= 15 is 0 Å². The molecular weight excluding hydrogens is 340 g/mol. The summed E-state index contributed by atoms with van der Waals surface area (Å²) in [4.78, 5) is 1.66. The van der Waals surface area contributed by atoms with E-state index in [2.05, 4.69) is 0 Å². The molecule has 0 fully saturated rings. The summed E-state index contributed by atoms with van der Waals surface area (Å²) in [6.45, 7) is 1.86. The average Bonchev–Trinajstić information content (AvgIpc) is 2.61. The van der Waals surface area contributed by atoms with E-state index < -0.39 is 0 Å². The first-order chi connectivity index (χ1) is 7.58. The molecule has 0 bridgehead atoms. The van der Waals surface area contributed by atoms with Crippen LogP contribution in [0.2, 0.25) is 0 Å². The maximum absolute atomic E-state index is 13.4. The van der Waals surface area contributed by atoms with Gasteiger partial charge in [-0.05, 0) is 47.7 Å². The molecule has 0 atom stereocenters. The van der Waals surface area contributed by atoms with Crippen molar-refractivity contribution in [2.75, 3.05) is 5.73 Å². The molecule has 2 N–H and O–H groups in total. The fraction of sp³-hybridized carbons (Fsp3) is 0.0909. The fourth-order valence-corrected chi connectivity index (χ4v) is 2.61. The van der Waals surface area contributed by atoms with E-state index in [0.717, 1.165) is 10.7 Å². The molecule has 0 spiro atoms. The van der Waals surface area contributed by atoms with Crippen molar-refractivity contribution in [2.24, 2.45) is 0 Å². The van der Waals surface area contributed by atoms with Crippen LogP contribution in [0.5, 0.6) is 0 Å². The van der Waals surface area contributed by atoms with Crippen molar-refractivity contribution in [3.05, 3.63) is 39.6 Å². The summed E-state index contributed by atoms with van der Waals surface area (Å²) in [7, 11) is 0. The van der Waals surface area contributed by atoms with E-state index in [1.807, 2.05) is 35.6 Å². The molecule has 0 aliphatic rings. The molecule has 0 aliphatic heterocycles. The molecule has 0 radical (unpaired) electrons. The Morgan fingerprint density at radius 3 is 2.75 bits per heavy atom. The van der Waals surface area contributed by atoms with Crippen molar-refractivity contribution in [1.82, 2.24) is 0 Å². The zero-order valence-electron chi connectivity index (χ0n) is 8.46. The van der Waals surface area contributed by atoms with Crippen molar-refractivity contribution < 1.29 is 8.81 Å². The zero-order valence-corrected chi connectivity index (χ0v) is 11.4. The number of nitrogens with two attached hydrogens (primary N) is 1. The van der Waals surface area contributed by atoms with Crippen LogP contribution in [0.3, 0.4) is 0 Å². The number of aryl methyl sites for hydroxylation is 1. The van der Waals surface area contributed by atoms with Gasteiger partial charge in [-0.1, -0.05) is 11.8 Å². The maximum Gasteiger partial charge on any atom is 0.137 e. The second-order valence-corrected chi connectivity index (χ2v) is 5.49. The highest BCUT2D eigenvalue weighted by Gasteiger charge is 2.10. The van der Waals surface area contributed by atoms with Gasteiger partial charge < -0.3 is 10.2 Å². The predicted octanol–water partition coefficient (Wildman–Crippen LogP) is 4.07. The Hall–Kier alpha value is -0.690. The first-order valence-electron chi connectivity index (χ1n) is 4.54. The number of halogens is 2. The van der Waals surface area contributed by atoms with Crippen LogP contribution in [0.1, 0.15) is 5.76 Å². The Bertz CT molecular complexity index is 527. The summed E-state index contributed by atoms with van der Waals surface area (Å²) in [5.74, 6) is 0.557. The highest BCUT2D eigenvalue weighted by Crippen LogP contribution is 2.35. The molecule has 1 heterocycles. The van der Waals surface area contributed by atoms with Gasteiger partial charge in [-0.2, -0.15) is 0 Å². The van der Waals surface area contributed by atoms with Gasteiger partial charge in [0.1, 0.15) is 11.6 Å². The maximum atomic E-state index is 13.4. The number of benzene rings is 1. The van der Waals surface area contributed by atoms with Crippen molar-refractivity contribution in [3.63, 3.8) is 0 Å². The summed E-state index contributed by atoms with van der Waals surface area (Å²) >= 11 is 3.33. The standard InChI is InChI=1S/C11H9FINOS/c1-6-10(2-3-15-6)16-11-4-7(12)8(13)5-9(11)14/h2-5H,14H2,1H3. The highest BCUT2D eigenvalue weighted by molar-refractivity contribution is 14.1. The molecule has 5 heteroatoms. The molecule has 0 unspecified atom stereocenters. The Morgan fingerprint density at radius 1 is 1.38 bits per heavy atom. The molecule has 0 amide bonds. The molecule has 0 saturated heterocycles. The van der Waals surface area contributed by atoms with Gasteiger partial charge >= 0.3 is 0 Å². The number of furan rings is 1. The van der Waals surface area contributed by atoms with E-state index in [-0.39, 0.29) is 5.82 Å². The minimum atomic E-state index is -0.251. The summed E-state index contributed by atoms with van der Waals surface area (Å²) in [5.41, 5.74) is 6.41. The Morgan fingerprint density at radius 2 is 2.12 bits per heavy atom. The van der Waals surface area contributed by atoms with Crippen LogP contribution in [-0.4, -0.2) is 0 Å². The number of rotatable bonds is 2. The minimum absolute atomic E-state index is 0.251. The molecule has 0 aliphatic carbocycles. The summed E-state index contributed by atoms with van der Waals surface area (Å²) < 4.78 is 19.1. The van der Waals surface area contributed by atoms with Gasteiger partial charge in [0.15, 0.2) is 0 Å². The highest BCUT2D eigenvalue weighted by atomic mass is 127. The van der Waals surface area contributed by atoms with Crippen LogP contribution >= 0.6 is 34.4 Å². The van der Waals surface area contributed by atoms with Gasteiger partial charge in [-0.15, -0.1) is 0 Å². The third-order valence-electron chi connectivity index (χ3n) is 2.08. The van der Waals surface area contributed by atoms with Gasteiger partial charge in [0.2, 0.25) is 0 Å². The Labute approximate surface area is 111 Å². The van der Waals surface area contributed by atoms with Crippen molar-refractivity contribution in [3.8, 4) is 0 Å². The van der Waals surface area contributed by atoms with E-state index in [1.165, 1.54) is 17.8 Å². The number of hydrogen-bond donors (Lipinski definition) is 1. The lowest BCUT2D eigenvalue weighted by Gasteiger charge is -2.05. The minimum Gasteiger partial charge on any atom is -0.468 e. The van der Waals surface area contributed by atoms with Gasteiger partial charge in [-0.3, -0.25) is 0 Å².